The molecule has 0 bridgehead atoms. The third kappa shape index (κ3) is 4.70. The fourth-order valence-corrected chi connectivity index (χ4v) is 5.02. The van der Waals surface area contributed by atoms with E-state index in [1.54, 1.807) is 23.5 Å². The lowest BCUT2D eigenvalue weighted by atomic mass is 9.89. The molecule has 0 amide bonds. The van der Waals surface area contributed by atoms with Crippen LogP contribution in [0, 0.1) is 0 Å². The van der Waals surface area contributed by atoms with Crippen molar-refractivity contribution < 1.29 is 23.0 Å². The van der Waals surface area contributed by atoms with Gasteiger partial charge in [-0.2, -0.15) is 8.78 Å². The Hall–Kier alpha value is -2.47. The van der Waals surface area contributed by atoms with Crippen LogP contribution in [0.5, 0.6) is 5.75 Å². The maximum absolute atomic E-state index is 13.7. The highest BCUT2D eigenvalue weighted by Crippen LogP contribution is 2.43. The van der Waals surface area contributed by atoms with Crippen molar-refractivity contribution in [3.05, 3.63) is 63.4 Å². The van der Waals surface area contributed by atoms with Crippen LogP contribution in [-0.4, -0.2) is 28.5 Å². The Morgan fingerprint density at radius 3 is 2.71 bits per heavy atom. The molecule has 1 atom stereocenters. The molecular formula is C25H24BF2IN2O4. The number of alkyl halides is 2. The van der Waals surface area contributed by atoms with Crippen LogP contribution >= 0.6 is 22.4 Å². The predicted molar refractivity (Wildman–Crippen MR) is 140 cm³/mol. The first-order valence-corrected chi connectivity index (χ1v) is 12.8. The van der Waals surface area contributed by atoms with Crippen molar-refractivity contribution in [2.45, 2.75) is 51.7 Å². The molecule has 1 fully saturated rings. The Kier molecular flexibility index (Phi) is 6.60. The van der Waals surface area contributed by atoms with Crippen LogP contribution in [0.3, 0.4) is 0 Å². The highest BCUT2D eigenvalue weighted by atomic mass is 127. The summed E-state index contributed by atoms with van der Waals surface area (Å²) in [7, 11) is 0. The second-order valence-electron chi connectivity index (χ2n) is 9.12. The van der Waals surface area contributed by atoms with Crippen molar-refractivity contribution in [1.29, 1.82) is 0 Å². The minimum absolute atomic E-state index is 0.00877. The Bertz CT molecular complexity index is 1370. The van der Waals surface area contributed by atoms with Gasteiger partial charge in [0, 0.05) is 30.9 Å². The van der Waals surface area contributed by atoms with Crippen LogP contribution in [0.2, 0.25) is 6.82 Å². The van der Waals surface area contributed by atoms with Gasteiger partial charge in [-0.25, -0.2) is 4.79 Å². The molecule has 10 heteroatoms. The molecule has 35 heavy (non-hydrogen) atoms. The number of aromatic nitrogens is 1. The molecule has 0 spiro atoms. The fraction of sp³-hybridized carbons (Fsp3) is 0.360. The number of ether oxygens (including phenoxy) is 1. The van der Waals surface area contributed by atoms with E-state index in [4.69, 9.17) is 9.39 Å². The van der Waals surface area contributed by atoms with Gasteiger partial charge in [0.1, 0.15) is 5.56 Å². The van der Waals surface area contributed by atoms with Crippen LogP contribution in [0.4, 0.5) is 8.78 Å². The molecule has 2 aromatic carbocycles. The van der Waals surface area contributed by atoms with Gasteiger partial charge >= 0.3 is 17.4 Å². The topological polar surface area (TPSA) is 69.6 Å². The summed E-state index contributed by atoms with van der Waals surface area (Å²) in [5.74, 6) is -0.435. The van der Waals surface area contributed by atoms with E-state index in [-0.39, 0.29) is 28.3 Å². The van der Waals surface area contributed by atoms with Gasteiger partial charge in [-0.3, -0.25) is 4.79 Å². The quantitative estimate of drug-likeness (QED) is 0.302. The van der Waals surface area contributed by atoms with E-state index < -0.39 is 22.8 Å². The average Bonchev–Trinajstić information content (AvgIpc) is 3.64. The Morgan fingerprint density at radius 2 is 2.03 bits per heavy atom. The number of nitrogens with zero attached hydrogens (tertiary/aromatic N) is 1. The number of hydrogen-bond acceptors (Lipinski definition) is 5. The lowest BCUT2D eigenvalue weighted by Crippen LogP contribution is -2.26. The highest BCUT2D eigenvalue weighted by molar-refractivity contribution is 14.1. The van der Waals surface area contributed by atoms with Gasteiger partial charge in [-0.1, -0.05) is 41.4 Å². The lowest BCUT2D eigenvalue weighted by Gasteiger charge is -2.24. The Balaban J connectivity index is 1.74. The molecule has 0 radical (unpaired) electrons. The number of benzene rings is 2. The van der Waals surface area contributed by atoms with Crippen LogP contribution in [0.25, 0.3) is 22.0 Å². The summed E-state index contributed by atoms with van der Waals surface area (Å²) in [6.07, 6.45) is 3.07. The first kappa shape index (κ1) is 24.2. The second kappa shape index (κ2) is 9.53. The third-order valence-electron chi connectivity index (χ3n) is 6.53. The van der Waals surface area contributed by atoms with Gasteiger partial charge in [0.2, 0.25) is 5.43 Å². The molecule has 1 aromatic heterocycles. The molecular weight excluding hydrogens is 568 g/mol. The number of hydrogen-bond donors (Lipinski definition) is 1. The monoisotopic (exact) mass is 592 g/mol. The third-order valence-corrected chi connectivity index (χ3v) is 6.79. The van der Waals surface area contributed by atoms with E-state index in [0.29, 0.717) is 18.0 Å². The van der Waals surface area contributed by atoms with Crippen molar-refractivity contribution in [3.8, 4) is 16.9 Å². The molecule has 5 rings (SSSR count). The van der Waals surface area contributed by atoms with E-state index in [9.17, 15) is 18.4 Å². The van der Waals surface area contributed by atoms with Crippen LogP contribution in [0.1, 0.15) is 53.2 Å². The predicted octanol–water partition coefficient (Wildman–Crippen LogP) is 5.52. The van der Waals surface area contributed by atoms with Crippen molar-refractivity contribution in [2.24, 2.45) is 0 Å². The zero-order chi connectivity index (χ0) is 24.9. The molecule has 2 heterocycles. The molecule has 182 valence electrons. The molecule has 3 aromatic rings. The molecule has 1 N–H and O–H groups in total. The van der Waals surface area contributed by atoms with Gasteiger partial charge in [0.15, 0.2) is 5.75 Å². The molecule has 1 unspecified atom stereocenters. The molecule has 0 saturated heterocycles. The zero-order valence-corrected chi connectivity index (χ0v) is 21.5. The number of carbonyl (C=O) groups excluding carboxylic acids is 1. The summed E-state index contributed by atoms with van der Waals surface area (Å²) >= 11 is 1.93. The number of rotatable bonds is 6. The van der Waals surface area contributed by atoms with Crippen molar-refractivity contribution >= 4 is 44.0 Å². The lowest BCUT2D eigenvalue weighted by molar-refractivity contribution is -0.0486. The van der Waals surface area contributed by atoms with Gasteiger partial charge in [-0.15, -0.1) is 0 Å². The van der Waals surface area contributed by atoms with Gasteiger partial charge in [0.25, 0.3) is 0 Å². The summed E-state index contributed by atoms with van der Waals surface area (Å²) in [5, 5.41) is 3.53. The summed E-state index contributed by atoms with van der Waals surface area (Å²) in [4.78, 5) is 25.9. The summed E-state index contributed by atoms with van der Waals surface area (Å²) in [6, 6.07) is 9.14. The maximum atomic E-state index is 13.7. The van der Waals surface area contributed by atoms with Gasteiger partial charge < -0.3 is 19.3 Å². The van der Waals surface area contributed by atoms with E-state index >= 15 is 0 Å². The van der Waals surface area contributed by atoms with E-state index in [2.05, 4.69) is 12.2 Å². The fourth-order valence-electron chi connectivity index (χ4n) is 4.79. The maximum Gasteiger partial charge on any atom is 0.429 e. The standard InChI is InChI=1S/C25H24BF2IN2O4/c1-13-10-30-11-15-9-14(3-6-17(13)15)18-7-8-19-21(23(18)34-25(27)28)31(16-4-5-16)12-20(22(19)32)24(33)35-26(2)29/h3,6-9,12-13,16,25,30H,4-5,10-11H2,1-2H3. The van der Waals surface area contributed by atoms with Gasteiger partial charge in [0.05, 0.1) is 10.9 Å². The average molecular weight is 592 g/mol. The van der Waals surface area contributed by atoms with Crippen LogP contribution < -0.4 is 15.5 Å². The van der Waals surface area contributed by atoms with E-state index in [1.807, 2.05) is 40.6 Å². The first-order chi connectivity index (χ1) is 16.7. The normalized spacial score (nSPS) is 17.4. The van der Waals surface area contributed by atoms with E-state index in [1.165, 1.54) is 11.8 Å². The van der Waals surface area contributed by atoms with Crippen molar-refractivity contribution in [2.75, 3.05) is 6.54 Å². The smallest absolute Gasteiger partial charge is 0.429 e. The van der Waals surface area contributed by atoms with Crippen molar-refractivity contribution in [1.82, 2.24) is 9.88 Å². The zero-order valence-electron chi connectivity index (χ0n) is 19.3. The Labute approximate surface area is 215 Å². The number of fused-ring (bicyclic) bond motifs is 2. The van der Waals surface area contributed by atoms with Crippen LogP contribution in [-0.2, 0) is 11.2 Å². The number of pyridine rings is 1. The molecule has 1 saturated carbocycles. The number of carbonyl (C=O) groups is 1. The van der Waals surface area contributed by atoms with Crippen LogP contribution in [0.15, 0.2) is 41.3 Å². The number of halogens is 3. The van der Waals surface area contributed by atoms with Gasteiger partial charge in [-0.05, 0) is 60.5 Å². The van der Waals surface area contributed by atoms with E-state index in [0.717, 1.165) is 30.5 Å². The molecule has 1 aliphatic carbocycles. The largest absolute Gasteiger partial charge is 0.522 e. The van der Waals surface area contributed by atoms with Crippen molar-refractivity contribution in [3.63, 3.8) is 0 Å². The molecule has 6 nitrogen and oxygen atoms in total. The summed E-state index contributed by atoms with van der Waals surface area (Å²) in [6.45, 7) is 2.33. The second-order valence-corrected chi connectivity index (χ2v) is 10.9. The SMILES string of the molecule is CB(I)OC(=O)c1cn(C2CC2)c2c(OC(F)F)c(-c3ccc4c(c3)CNCC4C)ccc2c1=O. The molecule has 1 aliphatic heterocycles. The minimum Gasteiger partial charge on any atom is -0.522 e. The molecule has 2 aliphatic rings. The Morgan fingerprint density at radius 1 is 1.26 bits per heavy atom. The minimum atomic E-state index is -3.08. The highest BCUT2D eigenvalue weighted by Gasteiger charge is 2.31. The summed E-state index contributed by atoms with van der Waals surface area (Å²) in [5.41, 5.74) is 3.14. The number of nitrogens with one attached hydrogen (secondary N) is 1. The summed E-state index contributed by atoms with van der Waals surface area (Å²) < 4.78 is 39.0. The first-order valence-electron chi connectivity index (χ1n) is 11.6.